The van der Waals surface area contributed by atoms with Crippen LogP contribution in [0.5, 0.6) is 0 Å². The number of thioether (sulfide) groups is 1. The molecule has 0 aliphatic heterocycles. The molecule has 0 saturated carbocycles. The molecule has 1 aromatic carbocycles. The van der Waals surface area contributed by atoms with Gasteiger partial charge >= 0.3 is 0 Å². The van der Waals surface area contributed by atoms with E-state index in [1.54, 1.807) is 11.8 Å². The lowest BCUT2D eigenvalue weighted by Gasteiger charge is -2.05. The Labute approximate surface area is 118 Å². The van der Waals surface area contributed by atoms with Gasteiger partial charge in [-0.05, 0) is 30.8 Å². The summed E-state index contributed by atoms with van der Waals surface area (Å²) in [5.41, 5.74) is 0. The molecule has 2 N–H and O–H groups in total. The summed E-state index contributed by atoms with van der Waals surface area (Å²) in [6.45, 7) is 4.50. The maximum atomic E-state index is 11.5. The predicted octanol–water partition coefficient (Wildman–Crippen LogP) is 2.55. The number of hydrogen-bond acceptors (Lipinski definition) is 3. The zero-order valence-electron chi connectivity index (χ0n) is 10.5. The van der Waals surface area contributed by atoms with Crippen LogP contribution in [0, 0.1) is 0 Å². The van der Waals surface area contributed by atoms with E-state index in [0.717, 1.165) is 28.8 Å². The van der Waals surface area contributed by atoms with Gasteiger partial charge in [-0.2, -0.15) is 0 Å². The quantitative estimate of drug-likeness (QED) is 0.570. The lowest BCUT2D eigenvalue weighted by atomic mass is 10.4. The number of halogens is 1. The van der Waals surface area contributed by atoms with Crippen LogP contribution in [0.1, 0.15) is 13.3 Å². The molecular weight excluding hydrogens is 268 g/mol. The van der Waals surface area contributed by atoms with Gasteiger partial charge in [-0.15, -0.1) is 11.8 Å². The van der Waals surface area contributed by atoms with Crippen LogP contribution in [0.25, 0.3) is 0 Å². The van der Waals surface area contributed by atoms with Crippen molar-refractivity contribution < 1.29 is 4.79 Å². The van der Waals surface area contributed by atoms with E-state index in [1.807, 2.05) is 31.2 Å². The Bertz CT molecular complexity index is 357. The Morgan fingerprint density at radius 1 is 1.28 bits per heavy atom. The van der Waals surface area contributed by atoms with Crippen LogP contribution in [0.15, 0.2) is 29.2 Å². The third-order valence-electron chi connectivity index (χ3n) is 2.29. The van der Waals surface area contributed by atoms with Crippen LogP contribution in [-0.2, 0) is 4.79 Å². The molecule has 0 atom stereocenters. The first-order chi connectivity index (χ1) is 8.72. The Hall–Kier alpha value is -0.710. The van der Waals surface area contributed by atoms with Crippen LogP contribution in [0.2, 0.25) is 5.02 Å². The number of likely N-dealkylation sites (N-methyl/N-ethyl adjacent to an activating group) is 1. The topological polar surface area (TPSA) is 41.1 Å². The van der Waals surface area contributed by atoms with E-state index in [2.05, 4.69) is 10.6 Å². The van der Waals surface area contributed by atoms with Gasteiger partial charge in [0.1, 0.15) is 0 Å². The molecule has 1 rings (SSSR count). The Morgan fingerprint density at radius 3 is 2.67 bits per heavy atom. The summed E-state index contributed by atoms with van der Waals surface area (Å²) in [7, 11) is 0. The minimum atomic E-state index is 0.106. The van der Waals surface area contributed by atoms with Gasteiger partial charge < -0.3 is 10.6 Å². The highest BCUT2D eigenvalue weighted by Gasteiger charge is 2.01. The molecule has 5 heteroatoms. The van der Waals surface area contributed by atoms with Crippen molar-refractivity contribution in [2.45, 2.75) is 18.2 Å². The number of nitrogens with one attached hydrogen (secondary N) is 2. The minimum Gasteiger partial charge on any atom is -0.355 e. The Kier molecular flexibility index (Phi) is 7.89. The third-order valence-corrected chi connectivity index (χ3v) is 3.55. The first-order valence-corrected chi connectivity index (χ1v) is 7.44. The molecule has 0 heterocycles. The van der Waals surface area contributed by atoms with Crippen molar-refractivity contribution >= 4 is 29.3 Å². The van der Waals surface area contributed by atoms with Gasteiger partial charge in [0.25, 0.3) is 0 Å². The van der Waals surface area contributed by atoms with Gasteiger partial charge in [0.15, 0.2) is 0 Å². The summed E-state index contributed by atoms with van der Waals surface area (Å²) >= 11 is 7.47. The second kappa shape index (κ2) is 9.25. The van der Waals surface area contributed by atoms with E-state index in [4.69, 9.17) is 11.6 Å². The maximum Gasteiger partial charge on any atom is 0.220 e. The van der Waals surface area contributed by atoms with Crippen LogP contribution in [0.3, 0.4) is 0 Å². The average molecular weight is 287 g/mol. The van der Waals surface area contributed by atoms with Gasteiger partial charge in [-0.25, -0.2) is 0 Å². The summed E-state index contributed by atoms with van der Waals surface area (Å²) in [5, 5.41) is 6.77. The molecule has 100 valence electrons. The van der Waals surface area contributed by atoms with E-state index in [0.29, 0.717) is 13.0 Å². The first kappa shape index (κ1) is 15.3. The molecule has 0 bridgehead atoms. The fourth-order valence-corrected chi connectivity index (χ4v) is 2.33. The van der Waals surface area contributed by atoms with Crippen molar-refractivity contribution in [3.63, 3.8) is 0 Å². The van der Waals surface area contributed by atoms with Crippen LogP contribution in [0.4, 0.5) is 0 Å². The maximum absolute atomic E-state index is 11.5. The summed E-state index contributed by atoms with van der Waals surface area (Å²) < 4.78 is 0. The summed E-state index contributed by atoms with van der Waals surface area (Å²) in [6, 6.07) is 7.66. The molecule has 0 unspecified atom stereocenters. The van der Waals surface area contributed by atoms with E-state index < -0.39 is 0 Å². The number of benzene rings is 1. The zero-order valence-corrected chi connectivity index (χ0v) is 12.1. The summed E-state index contributed by atoms with van der Waals surface area (Å²) in [5.74, 6) is 0.892. The van der Waals surface area contributed by atoms with Crippen molar-refractivity contribution in [2.24, 2.45) is 0 Å². The molecule has 0 radical (unpaired) electrons. The number of carbonyl (C=O) groups is 1. The third kappa shape index (κ3) is 6.89. The number of amides is 1. The van der Waals surface area contributed by atoms with Crippen LogP contribution in [-0.4, -0.2) is 31.3 Å². The van der Waals surface area contributed by atoms with Gasteiger partial charge in [-0.3, -0.25) is 4.79 Å². The van der Waals surface area contributed by atoms with Crippen molar-refractivity contribution in [2.75, 3.05) is 25.4 Å². The normalized spacial score (nSPS) is 10.3. The molecular formula is C13H19ClN2OS. The second-order valence-electron chi connectivity index (χ2n) is 3.76. The Balaban J connectivity index is 2.10. The highest BCUT2D eigenvalue weighted by molar-refractivity contribution is 7.99. The monoisotopic (exact) mass is 286 g/mol. The average Bonchev–Trinajstić information content (AvgIpc) is 2.37. The molecule has 0 aliphatic carbocycles. The van der Waals surface area contributed by atoms with Crippen molar-refractivity contribution in [1.82, 2.24) is 10.6 Å². The van der Waals surface area contributed by atoms with E-state index in [9.17, 15) is 4.79 Å². The van der Waals surface area contributed by atoms with E-state index in [1.165, 1.54) is 0 Å². The highest BCUT2D eigenvalue weighted by Crippen LogP contribution is 2.20. The molecule has 0 fully saturated rings. The Morgan fingerprint density at radius 2 is 2.00 bits per heavy atom. The largest absolute Gasteiger partial charge is 0.355 e. The molecule has 0 aromatic heterocycles. The summed E-state index contributed by atoms with van der Waals surface area (Å²) in [4.78, 5) is 12.6. The smallest absolute Gasteiger partial charge is 0.220 e. The SMILES string of the molecule is CCNCCNC(=O)CCSc1ccc(Cl)cc1. The molecule has 0 aliphatic rings. The fourth-order valence-electron chi connectivity index (χ4n) is 1.35. The van der Waals surface area contributed by atoms with Gasteiger partial charge in [0, 0.05) is 35.2 Å². The molecule has 3 nitrogen and oxygen atoms in total. The van der Waals surface area contributed by atoms with Gasteiger partial charge in [-0.1, -0.05) is 18.5 Å². The van der Waals surface area contributed by atoms with Crippen LogP contribution < -0.4 is 10.6 Å². The fraction of sp³-hybridized carbons (Fsp3) is 0.462. The predicted molar refractivity (Wildman–Crippen MR) is 78.3 cm³/mol. The van der Waals surface area contributed by atoms with Crippen LogP contribution >= 0.6 is 23.4 Å². The second-order valence-corrected chi connectivity index (χ2v) is 5.36. The highest BCUT2D eigenvalue weighted by atomic mass is 35.5. The molecule has 18 heavy (non-hydrogen) atoms. The van der Waals surface area contributed by atoms with E-state index in [-0.39, 0.29) is 5.91 Å². The minimum absolute atomic E-state index is 0.106. The molecule has 1 amide bonds. The van der Waals surface area contributed by atoms with Crippen molar-refractivity contribution in [1.29, 1.82) is 0 Å². The molecule has 0 spiro atoms. The standard InChI is InChI=1S/C13H19ClN2OS/c1-2-15-8-9-16-13(17)7-10-18-12-5-3-11(14)4-6-12/h3-6,15H,2,7-10H2,1H3,(H,16,17). The van der Waals surface area contributed by atoms with Gasteiger partial charge in [0.2, 0.25) is 5.91 Å². The number of hydrogen-bond donors (Lipinski definition) is 2. The molecule has 0 saturated heterocycles. The first-order valence-electron chi connectivity index (χ1n) is 6.08. The number of carbonyl (C=O) groups excluding carboxylic acids is 1. The number of rotatable bonds is 8. The van der Waals surface area contributed by atoms with Crippen molar-refractivity contribution in [3.8, 4) is 0 Å². The van der Waals surface area contributed by atoms with E-state index >= 15 is 0 Å². The van der Waals surface area contributed by atoms with Crippen molar-refractivity contribution in [3.05, 3.63) is 29.3 Å². The van der Waals surface area contributed by atoms with Gasteiger partial charge in [0.05, 0.1) is 0 Å². The molecule has 1 aromatic rings. The zero-order chi connectivity index (χ0) is 13.2. The summed E-state index contributed by atoms with van der Waals surface area (Å²) in [6.07, 6.45) is 0.541. The lowest BCUT2D eigenvalue weighted by Crippen LogP contribution is -2.31. The lowest BCUT2D eigenvalue weighted by molar-refractivity contribution is -0.120.